The van der Waals surface area contributed by atoms with Gasteiger partial charge in [-0.05, 0) is 18.1 Å². The molecule has 0 aliphatic carbocycles. The number of nitrogens with zero attached hydrogens (tertiary/aromatic N) is 2. The van der Waals surface area contributed by atoms with Crippen molar-refractivity contribution in [3.05, 3.63) is 59.9 Å². The first kappa shape index (κ1) is 14.4. The fourth-order valence-corrected chi connectivity index (χ4v) is 2.83. The molecule has 0 spiro atoms. The Bertz CT molecular complexity index is 679. The summed E-state index contributed by atoms with van der Waals surface area (Å²) in [6, 6.07) is 7.83. The smallest absolute Gasteiger partial charge is 0.329 e. The molecule has 0 saturated carbocycles. The highest BCUT2D eigenvalue weighted by atomic mass is 16.5. The number of ether oxygens (including phenoxy) is 1. The van der Waals surface area contributed by atoms with Gasteiger partial charge in [-0.3, -0.25) is 5.10 Å². The Morgan fingerprint density at radius 2 is 2.23 bits per heavy atom. The van der Waals surface area contributed by atoms with Crippen molar-refractivity contribution in [3.63, 3.8) is 0 Å². The Hall–Kier alpha value is -2.56. The summed E-state index contributed by atoms with van der Waals surface area (Å²) in [5.41, 5.74) is 4.07. The monoisotopic (exact) mass is 297 g/mol. The first-order valence-electron chi connectivity index (χ1n) is 7.38. The number of hydrogen-bond donors (Lipinski definition) is 1. The van der Waals surface area contributed by atoms with Crippen LogP contribution in [-0.2, 0) is 22.5 Å². The number of H-pyrrole nitrogens is 1. The van der Waals surface area contributed by atoms with Gasteiger partial charge in [0.1, 0.15) is 6.04 Å². The zero-order valence-corrected chi connectivity index (χ0v) is 12.6. The molecule has 5 nitrogen and oxygen atoms in total. The largest absolute Gasteiger partial charge is 0.464 e. The molecule has 3 rings (SSSR count). The molecule has 2 aromatic rings. The maximum absolute atomic E-state index is 12.4. The van der Waals surface area contributed by atoms with Gasteiger partial charge < -0.3 is 9.64 Å². The number of aromatic nitrogens is 2. The molecule has 0 bridgehead atoms. The van der Waals surface area contributed by atoms with E-state index in [-0.39, 0.29) is 12.0 Å². The van der Waals surface area contributed by atoms with E-state index >= 15 is 0 Å². The van der Waals surface area contributed by atoms with Gasteiger partial charge in [0.2, 0.25) is 0 Å². The van der Waals surface area contributed by atoms with Crippen LogP contribution in [0.4, 0.5) is 0 Å². The highest BCUT2D eigenvalue weighted by molar-refractivity contribution is 5.79. The summed E-state index contributed by atoms with van der Waals surface area (Å²) >= 11 is 0. The quantitative estimate of drug-likeness (QED) is 0.880. The third-order valence-corrected chi connectivity index (χ3v) is 3.99. The predicted octanol–water partition coefficient (Wildman–Crippen LogP) is 2.37. The van der Waals surface area contributed by atoms with E-state index in [1.54, 1.807) is 12.4 Å². The van der Waals surface area contributed by atoms with Crippen molar-refractivity contribution in [2.75, 3.05) is 6.61 Å². The summed E-state index contributed by atoms with van der Waals surface area (Å²) in [6.07, 6.45) is 4.13. The van der Waals surface area contributed by atoms with Crippen molar-refractivity contribution in [1.82, 2.24) is 15.1 Å². The zero-order chi connectivity index (χ0) is 15.5. The van der Waals surface area contributed by atoms with Crippen molar-refractivity contribution >= 4 is 11.7 Å². The average molecular weight is 297 g/mol. The molecule has 0 radical (unpaired) electrons. The van der Waals surface area contributed by atoms with Crippen LogP contribution in [0.3, 0.4) is 0 Å². The molecule has 0 amide bonds. The number of aromatic amines is 1. The van der Waals surface area contributed by atoms with Crippen LogP contribution in [0.1, 0.15) is 23.6 Å². The molecule has 0 fully saturated rings. The normalized spacial score (nSPS) is 17.0. The maximum Gasteiger partial charge on any atom is 0.329 e. The Morgan fingerprint density at radius 1 is 1.45 bits per heavy atom. The van der Waals surface area contributed by atoms with Gasteiger partial charge in [-0.1, -0.05) is 30.8 Å². The molecule has 114 valence electrons. The summed E-state index contributed by atoms with van der Waals surface area (Å²) in [7, 11) is 0. The Morgan fingerprint density at radius 3 is 2.91 bits per heavy atom. The third kappa shape index (κ3) is 2.62. The second kappa shape index (κ2) is 6.05. The molecule has 5 heteroatoms. The summed E-state index contributed by atoms with van der Waals surface area (Å²) in [4.78, 5) is 14.4. The van der Waals surface area contributed by atoms with Crippen molar-refractivity contribution in [3.8, 4) is 0 Å². The molecular weight excluding hydrogens is 278 g/mol. The standard InChI is InChI=1S/C17H19N3O2/c1-3-22-17(21)16-8-13-6-4-5-7-14(13)11-20(16)12(2)15-9-18-19-10-15/h4-7,9-10,16H,2-3,8,11H2,1H3,(H,18,19). The van der Waals surface area contributed by atoms with E-state index in [0.29, 0.717) is 19.6 Å². The minimum atomic E-state index is -0.350. The second-order valence-electron chi connectivity index (χ2n) is 5.30. The molecule has 1 aromatic heterocycles. The van der Waals surface area contributed by atoms with Crippen LogP contribution < -0.4 is 0 Å². The van der Waals surface area contributed by atoms with Crippen LogP contribution in [0, 0.1) is 0 Å². The van der Waals surface area contributed by atoms with Crippen LogP contribution in [-0.4, -0.2) is 33.7 Å². The lowest BCUT2D eigenvalue weighted by atomic mass is 9.93. The fourth-order valence-electron chi connectivity index (χ4n) is 2.83. The number of carbonyl (C=O) groups is 1. The van der Waals surface area contributed by atoms with Crippen LogP contribution in [0.25, 0.3) is 5.70 Å². The van der Waals surface area contributed by atoms with Crippen LogP contribution in [0.5, 0.6) is 0 Å². The molecule has 1 N–H and O–H groups in total. The first-order valence-corrected chi connectivity index (χ1v) is 7.38. The highest BCUT2D eigenvalue weighted by Gasteiger charge is 2.33. The topological polar surface area (TPSA) is 58.2 Å². The fraction of sp³-hybridized carbons (Fsp3) is 0.294. The van der Waals surface area contributed by atoms with Gasteiger partial charge in [-0.2, -0.15) is 5.10 Å². The van der Waals surface area contributed by atoms with E-state index < -0.39 is 0 Å². The number of nitrogens with one attached hydrogen (secondary N) is 1. The number of fused-ring (bicyclic) bond motifs is 1. The lowest BCUT2D eigenvalue weighted by Crippen LogP contribution is -2.45. The van der Waals surface area contributed by atoms with Gasteiger partial charge in [-0.25, -0.2) is 4.79 Å². The van der Waals surface area contributed by atoms with Gasteiger partial charge in [0.15, 0.2) is 0 Å². The summed E-state index contributed by atoms with van der Waals surface area (Å²) in [5, 5.41) is 6.74. The molecule has 1 atom stereocenters. The minimum Gasteiger partial charge on any atom is -0.464 e. The van der Waals surface area contributed by atoms with Crippen molar-refractivity contribution < 1.29 is 9.53 Å². The van der Waals surface area contributed by atoms with Gasteiger partial charge in [0.05, 0.1) is 12.8 Å². The highest BCUT2D eigenvalue weighted by Crippen LogP contribution is 2.30. The lowest BCUT2D eigenvalue weighted by Gasteiger charge is -2.37. The molecule has 1 aliphatic rings. The summed E-state index contributed by atoms with van der Waals surface area (Å²) in [6.45, 7) is 6.99. The van der Waals surface area contributed by atoms with Crippen LogP contribution in [0.2, 0.25) is 0 Å². The molecule has 0 saturated heterocycles. The summed E-state index contributed by atoms with van der Waals surface area (Å²) in [5.74, 6) is -0.207. The molecule has 1 aromatic carbocycles. The van der Waals surface area contributed by atoms with Crippen molar-refractivity contribution in [2.24, 2.45) is 0 Å². The molecule has 22 heavy (non-hydrogen) atoms. The van der Waals surface area contributed by atoms with Crippen LogP contribution >= 0.6 is 0 Å². The number of carbonyl (C=O) groups excluding carboxylic acids is 1. The zero-order valence-electron chi connectivity index (χ0n) is 12.6. The first-order chi connectivity index (χ1) is 10.7. The summed E-state index contributed by atoms with van der Waals surface area (Å²) < 4.78 is 5.25. The molecule has 2 heterocycles. The van der Waals surface area contributed by atoms with Gasteiger partial charge >= 0.3 is 5.97 Å². The average Bonchev–Trinajstić information content (AvgIpc) is 3.07. The Balaban J connectivity index is 1.94. The van der Waals surface area contributed by atoms with Crippen molar-refractivity contribution in [1.29, 1.82) is 0 Å². The molecular formula is C17H19N3O2. The maximum atomic E-state index is 12.4. The van der Waals surface area contributed by atoms with Gasteiger partial charge in [0, 0.05) is 30.4 Å². The van der Waals surface area contributed by atoms with Gasteiger partial charge in [0.25, 0.3) is 0 Å². The van der Waals surface area contributed by atoms with E-state index in [2.05, 4.69) is 28.9 Å². The molecule has 1 aliphatic heterocycles. The lowest BCUT2D eigenvalue weighted by molar-refractivity contribution is -0.148. The van der Waals surface area contributed by atoms with E-state index in [9.17, 15) is 4.79 Å². The van der Waals surface area contributed by atoms with Gasteiger partial charge in [-0.15, -0.1) is 0 Å². The molecule has 1 unspecified atom stereocenters. The second-order valence-corrected chi connectivity index (χ2v) is 5.30. The number of esters is 1. The van der Waals surface area contributed by atoms with E-state index in [1.165, 1.54) is 11.1 Å². The third-order valence-electron chi connectivity index (χ3n) is 3.99. The van der Waals surface area contributed by atoms with E-state index in [4.69, 9.17) is 4.74 Å². The number of rotatable bonds is 4. The van der Waals surface area contributed by atoms with E-state index in [0.717, 1.165) is 11.3 Å². The predicted molar refractivity (Wildman–Crippen MR) is 83.7 cm³/mol. The van der Waals surface area contributed by atoms with Crippen molar-refractivity contribution in [2.45, 2.75) is 25.9 Å². The number of hydrogen-bond acceptors (Lipinski definition) is 4. The Labute approximate surface area is 129 Å². The van der Waals surface area contributed by atoms with Crippen LogP contribution in [0.15, 0.2) is 43.2 Å². The Kier molecular flexibility index (Phi) is 3.96. The SMILES string of the molecule is C=C(c1cn[nH]c1)N1Cc2ccccc2CC1C(=O)OCC. The minimum absolute atomic E-state index is 0.207. The number of benzene rings is 1. The van der Waals surface area contributed by atoms with E-state index in [1.807, 2.05) is 24.0 Å².